The Labute approximate surface area is 354 Å². The Balaban J connectivity index is 1.06. The molecule has 286 valence electrons. The molecule has 0 bridgehead atoms. The van der Waals surface area contributed by atoms with Gasteiger partial charge < -0.3 is 4.57 Å². The van der Waals surface area contributed by atoms with Gasteiger partial charge in [0.25, 0.3) is 0 Å². The molecule has 0 N–H and O–H groups in total. The fourth-order valence-electron chi connectivity index (χ4n) is 8.39. The number of rotatable bonds is 8. The van der Waals surface area contributed by atoms with Crippen LogP contribution in [0.2, 0.25) is 0 Å². The number of nitrogens with zero attached hydrogens (tertiary/aromatic N) is 4. The lowest BCUT2D eigenvalue weighted by molar-refractivity contribution is 1.07. The molecule has 0 atom stereocenters. The van der Waals surface area contributed by atoms with Gasteiger partial charge in [-0.05, 0) is 80.9 Å². The largest absolute Gasteiger partial charge is 0.309 e. The second-order valence-electron chi connectivity index (χ2n) is 15.3. The van der Waals surface area contributed by atoms with E-state index in [9.17, 15) is 0 Å². The van der Waals surface area contributed by atoms with Crippen molar-refractivity contribution in [1.82, 2.24) is 19.5 Å². The van der Waals surface area contributed by atoms with E-state index in [0.717, 1.165) is 61.1 Å². The lowest BCUT2D eigenvalue weighted by atomic mass is 9.98. The highest BCUT2D eigenvalue weighted by molar-refractivity contribution is 6.10. The van der Waals surface area contributed by atoms with Gasteiger partial charge in [-0.1, -0.05) is 194 Å². The average molecular weight is 779 g/mol. The highest BCUT2D eigenvalue weighted by Gasteiger charge is 2.18. The molecule has 0 saturated heterocycles. The lowest BCUT2D eigenvalue weighted by Gasteiger charge is -2.14. The number of para-hydroxylation sites is 1. The van der Waals surface area contributed by atoms with Crippen LogP contribution in [0.15, 0.2) is 231 Å². The van der Waals surface area contributed by atoms with Crippen LogP contribution in [0.25, 0.3) is 106 Å². The van der Waals surface area contributed by atoms with E-state index in [1.165, 1.54) is 27.6 Å². The number of hydrogen-bond acceptors (Lipinski definition) is 3. The van der Waals surface area contributed by atoms with Crippen LogP contribution in [0.1, 0.15) is 0 Å². The Bertz CT molecular complexity index is 3260. The molecule has 0 aliphatic heterocycles. The molecule has 0 unspecified atom stereocenters. The zero-order valence-electron chi connectivity index (χ0n) is 33.2. The van der Waals surface area contributed by atoms with Crippen molar-refractivity contribution in [2.45, 2.75) is 0 Å². The van der Waals surface area contributed by atoms with E-state index in [1.54, 1.807) is 0 Å². The van der Waals surface area contributed by atoms with Crippen LogP contribution < -0.4 is 0 Å². The summed E-state index contributed by atoms with van der Waals surface area (Å²) in [4.78, 5) is 15.4. The van der Waals surface area contributed by atoms with E-state index >= 15 is 0 Å². The molecule has 4 nitrogen and oxygen atoms in total. The highest BCUT2D eigenvalue weighted by Crippen LogP contribution is 2.38. The Kier molecular flexibility index (Phi) is 9.14. The van der Waals surface area contributed by atoms with Crippen LogP contribution in [0.3, 0.4) is 0 Å². The predicted octanol–water partition coefficient (Wildman–Crippen LogP) is 14.6. The van der Waals surface area contributed by atoms with E-state index in [1.807, 2.05) is 24.3 Å². The molecular weight excluding hydrogens is 741 g/mol. The van der Waals surface area contributed by atoms with Crippen LogP contribution in [0.5, 0.6) is 0 Å². The van der Waals surface area contributed by atoms with Gasteiger partial charge in [0.2, 0.25) is 0 Å². The molecule has 2 heterocycles. The fourth-order valence-corrected chi connectivity index (χ4v) is 8.39. The van der Waals surface area contributed by atoms with Gasteiger partial charge in [0.15, 0.2) is 17.5 Å². The molecule has 11 rings (SSSR count). The van der Waals surface area contributed by atoms with E-state index in [2.05, 4.69) is 211 Å². The van der Waals surface area contributed by atoms with E-state index in [0.29, 0.717) is 17.5 Å². The summed E-state index contributed by atoms with van der Waals surface area (Å²) >= 11 is 0. The first-order valence-electron chi connectivity index (χ1n) is 20.6. The summed E-state index contributed by atoms with van der Waals surface area (Å²) in [5.74, 6) is 1.87. The fraction of sp³-hybridized carbons (Fsp3) is 0. The summed E-state index contributed by atoms with van der Waals surface area (Å²) in [7, 11) is 0. The first kappa shape index (κ1) is 35.9. The van der Waals surface area contributed by atoms with E-state index in [4.69, 9.17) is 15.0 Å². The highest BCUT2D eigenvalue weighted by atomic mass is 15.0. The van der Waals surface area contributed by atoms with Crippen molar-refractivity contribution >= 4 is 21.8 Å². The van der Waals surface area contributed by atoms with Gasteiger partial charge in [-0.3, -0.25) is 0 Å². The third-order valence-corrected chi connectivity index (χ3v) is 11.4. The zero-order valence-corrected chi connectivity index (χ0v) is 33.2. The Morgan fingerprint density at radius 1 is 0.230 bits per heavy atom. The quantitative estimate of drug-likeness (QED) is 0.154. The molecule has 11 aromatic rings. The summed E-state index contributed by atoms with van der Waals surface area (Å²) in [6.45, 7) is 0. The maximum atomic E-state index is 5.19. The minimum Gasteiger partial charge on any atom is -0.309 e. The third kappa shape index (κ3) is 6.96. The lowest BCUT2D eigenvalue weighted by Crippen LogP contribution is -2.00. The maximum absolute atomic E-state index is 5.19. The average Bonchev–Trinajstić information content (AvgIpc) is 3.68. The van der Waals surface area contributed by atoms with Crippen molar-refractivity contribution < 1.29 is 0 Å². The minimum atomic E-state index is 0.616. The van der Waals surface area contributed by atoms with E-state index < -0.39 is 0 Å². The van der Waals surface area contributed by atoms with Crippen LogP contribution >= 0.6 is 0 Å². The van der Waals surface area contributed by atoms with Crippen LogP contribution in [0, 0.1) is 0 Å². The molecule has 0 aliphatic carbocycles. The van der Waals surface area contributed by atoms with Crippen molar-refractivity contribution in [2.75, 3.05) is 0 Å². The van der Waals surface area contributed by atoms with Gasteiger partial charge in [-0.2, -0.15) is 0 Å². The van der Waals surface area contributed by atoms with Crippen molar-refractivity contribution in [3.8, 4) is 84.4 Å². The van der Waals surface area contributed by atoms with Gasteiger partial charge in [0.1, 0.15) is 0 Å². The third-order valence-electron chi connectivity index (χ3n) is 11.4. The molecule has 4 heteroatoms. The molecule has 61 heavy (non-hydrogen) atoms. The number of hydrogen-bond donors (Lipinski definition) is 0. The Morgan fingerprint density at radius 3 is 1.18 bits per heavy atom. The van der Waals surface area contributed by atoms with Crippen molar-refractivity contribution in [3.05, 3.63) is 231 Å². The normalized spacial score (nSPS) is 11.3. The monoisotopic (exact) mass is 778 g/mol. The standard InChI is InChI=1S/C57H38N4/c1-5-16-39(17-6-1)45-24-15-25-46(34-45)42-28-30-44(31-29-42)56-58-55(43-22-11-4-12-23-43)59-57(60-56)47-32-33-52-51-26-13-14-27-53(51)61(54(52)38-47)50-36-48(40-18-7-2-8-19-40)35-49(37-50)41-20-9-3-10-21-41/h1-38H. The zero-order chi connectivity index (χ0) is 40.5. The predicted molar refractivity (Wildman–Crippen MR) is 252 cm³/mol. The second-order valence-corrected chi connectivity index (χ2v) is 15.3. The molecule has 2 aromatic heterocycles. The first-order chi connectivity index (χ1) is 30.2. The SMILES string of the molecule is c1ccc(-c2cccc(-c3ccc(-c4nc(-c5ccccc5)nc(-c5ccc6c7ccccc7n(-c7cc(-c8ccccc8)cc(-c8ccccc8)c7)c6c5)n4)cc3)c2)cc1. The molecular formula is C57H38N4. The van der Waals surface area contributed by atoms with E-state index in [-0.39, 0.29) is 0 Å². The van der Waals surface area contributed by atoms with Crippen LogP contribution in [0.4, 0.5) is 0 Å². The summed E-state index contributed by atoms with van der Waals surface area (Å²) < 4.78 is 2.39. The molecule has 0 amide bonds. The molecule has 0 fully saturated rings. The van der Waals surface area contributed by atoms with Crippen LogP contribution in [-0.2, 0) is 0 Å². The summed E-state index contributed by atoms with van der Waals surface area (Å²) in [6, 6.07) is 81.3. The van der Waals surface area contributed by atoms with Crippen molar-refractivity contribution in [3.63, 3.8) is 0 Å². The van der Waals surface area contributed by atoms with Crippen LogP contribution in [-0.4, -0.2) is 19.5 Å². The Morgan fingerprint density at radius 2 is 0.607 bits per heavy atom. The topological polar surface area (TPSA) is 43.6 Å². The number of benzene rings is 9. The van der Waals surface area contributed by atoms with Gasteiger partial charge in [-0.25, -0.2) is 15.0 Å². The van der Waals surface area contributed by atoms with Gasteiger partial charge in [0.05, 0.1) is 11.0 Å². The number of fused-ring (bicyclic) bond motifs is 3. The van der Waals surface area contributed by atoms with Gasteiger partial charge >= 0.3 is 0 Å². The molecule has 0 spiro atoms. The number of aromatic nitrogens is 4. The van der Waals surface area contributed by atoms with Gasteiger partial charge in [0, 0.05) is 33.2 Å². The molecule has 0 aliphatic rings. The van der Waals surface area contributed by atoms with Crippen molar-refractivity contribution in [1.29, 1.82) is 0 Å². The second kappa shape index (κ2) is 15.5. The molecule has 0 saturated carbocycles. The first-order valence-corrected chi connectivity index (χ1v) is 20.6. The summed E-state index contributed by atoms with van der Waals surface area (Å²) in [5, 5.41) is 2.35. The maximum Gasteiger partial charge on any atom is 0.164 e. The molecule has 0 radical (unpaired) electrons. The summed E-state index contributed by atoms with van der Waals surface area (Å²) in [5.41, 5.74) is 15.4. The minimum absolute atomic E-state index is 0.616. The smallest absolute Gasteiger partial charge is 0.164 e. The van der Waals surface area contributed by atoms with Crippen molar-refractivity contribution in [2.24, 2.45) is 0 Å². The molecule has 9 aromatic carbocycles. The summed E-state index contributed by atoms with van der Waals surface area (Å²) in [6.07, 6.45) is 0. The van der Waals surface area contributed by atoms with Gasteiger partial charge in [-0.15, -0.1) is 0 Å². The Hall–Kier alpha value is -8.21.